The van der Waals surface area contributed by atoms with E-state index in [1.54, 1.807) is 42.5 Å². The van der Waals surface area contributed by atoms with E-state index in [-0.39, 0.29) is 22.5 Å². The topological polar surface area (TPSA) is 112 Å². The highest BCUT2D eigenvalue weighted by molar-refractivity contribution is 6.25. The SMILES string of the molecule is O=C(O)c1cc(-c2ccc3c(c2)C(=O)c2c(C(=O)O)cccc2-3)c2c(c1)C(O)c1ccccc1-2. The molecule has 6 nitrogen and oxygen atoms in total. The van der Waals surface area contributed by atoms with Crippen LogP contribution in [0.3, 0.4) is 0 Å². The number of fused-ring (bicyclic) bond motifs is 6. The molecule has 6 heteroatoms. The van der Waals surface area contributed by atoms with E-state index in [9.17, 15) is 29.7 Å². The summed E-state index contributed by atoms with van der Waals surface area (Å²) < 4.78 is 0. The normalized spacial score (nSPS) is 14.9. The van der Waals surface area contributed by atoms with Gasteiger partial charge in [-0.1, -0.05) is 48.5 Å². The first-order valence-corrected chi connectivity index (χ1v) is 10.6. The van der Waals surface area contributed by atoms with E-state index in [0.717, 1.165) is 11.1 Å². The molecule has 0 spiro atoms. The lowest BCUT2D eigenvalue weighted by molar-refractivity contribution is 0.0684. The molecule has 2 aliphatic carbocycles. The van der Waals surface area contributed by atoms with Crippen LogP contribution >= 0.6 is 0 Å². The number of hydrogen-bond acceptors (Lipinski definition) is 4. The van der Waals surface area contributed by atoms with Crippen molar-refractivity contribution in [1.82, 2.24) is 0 Å². The minimum Gasteiger partial charge on any atom is -0.478 e. The zero-order valence-corrected chi connectivity index (χ0v) is 17.6. The second kappa shape index (κ2) is 6.97. The predicted octanol–water partition coefficient (Wildman–Crippen LogP) is 5.02. The van der Waals surface area contributed by atoms with Crippen LogP contribution in [0.4, 0.5) is 0 Å². The molecule has 0 saturated heterocycles. The second-order valence-corrected chi connectivity index (χ2v) is 8.41. The molecule has 0 heterocycles. The van der Waals surface area contributed by atoms with E-state index >= 15 is 0 Å². The molecule has 6 rings (SSSR count). The maximum atomic E-state index is 13.3. The molecule has 1 atom stereocenters. The van der Waals surface area contributed by atoms with Gasteiger partial charge in [0, 0.05) is 11.1 Å². The fourth-order valence-electron chi connectivity index (χ4n) is 5.13. The Balaban J connectivity index is 1.60. The molecule has 164 valence electrons. The predicted molar refractivity (Wildman–Crippen MR) is 124 cm³/mol. The molecule has 4 aromatic rings. The number of carbonyl (C=O) groups excluding carboxylic acids is 1. The van der Waals surface area contributed by atoms with Crippen LogP contribution in [0.25, 0.3) is 33.4 Å². The smallest absolute Gasteiger partial charge is 0.336 e. The Labute approximate surface area is 193 Å². The monoisotopic (exact) mass is 448 g/mol. The summed E-state index contributed by atoms with van der Waals surface area (Å²) in [6.07, 6.45) is -0.956. The first-order valence-electron chi connectivity index (χ1n) is 10.6. The highest BCUT2D eigenvalue weighted by atomic mass is 16.4. The van der Waals surface area contributed by atoms with Crippen LogP contribution in [0.5, 0.6) is 0 Å². The lowest BCUT2D eigenvalue weighted by atomic mass is 9.90. The van der Waals surface area contributed by atoms with Crippen molar-refractivity contribution < 1.29 is 29.7 Å². The third-order valence-electron chi connectivity index (χ3n) is 6.62. The molecule has 0 amide bonds. The highest BCUT2D eigenvalue weighted by Crippen LogP contribution is 2.49. The summed E-state index contributed by atoms with van der Waals surface area (Å²) in [6.45, 7) is 0. The third-order valence-corrected chi connectivity index (χ3v) is 6.62. The fourth-order valence-corrected chi connectivity index (χ4v) is 5.13. The highest BCUT2D eigenvalue weighted by Gasteiger charge is 2.33. The molecule has 34 heavy (non-hydrogen) atoms. The van der Waals surface area contributed by atoms with Crippen LogP contribution in [0, 0.1) is 0 Å². The van der Waals surface area contributed by atoms with E-state index in [1.165, 1.54) is 12.1 Å². The van der Waals surface area contributed by atoms with Crippen molar-refractivity contribution in [3.05, 3.63) is 106 Å². The quantitative estimate of drug-likeness (QED) is 0.357. The van der Waals surface area contributed by atoms with Crippen LogP contribution in [0.1, 0.15) is 53.9 Å². The molecule has 3 N–H and O–H groups in total. The van der Waals surface area contributed by atoms with Crippen LogP contribution < -0.4 is 0 Å². The van der Waals surface area contributed by atoms with Crippen molar-refractivity contribution in [3.63, 3.8) is 0 Å². The van der Waals surface area contributed by atoms with Gasteiger partial charge in [-0.2, -0.15) is 0 Å². The number of hydrogen-bond donors (Lipinski definition) is 3. The fraction of sp³-hybridized carbons (Fsp3) is 0.0357. The summed E-state index contributed by atoms with van der Waals surface area (Å²) in [5.74, 6) is -2.67. The number of aliphatic hydroxyl groups excluding tert-OH is 1. The Morgan fingerprint density at radius 2 is 1.41 bits per heavy atom. The minimum atomic E-state index is -1.17. The summed E-state index contributed by atoms with van der Waals surface area (Å²) in [5.41, 5.74) is 5.63. The van der Waals surface area contributed by atoms with Gasteiger partial charge in [0.2, 0.25) is 0 Å². The molecule has 0 fully saturated rings. The first-order chi connectivity index (χ1) is 16.4. The van der Waals surface area contributed by atoms with Crippen LogP contribution in [0.2, 0.25) is 0 Å². The molecule has 1 unspecified atom stereocenters. The summed E-state index contributed by atoms with van der Waals surface area (Å²) in [4.78, 5) is 36.8. The molecule has 0 aliphatic heterocycles. The van der Waals surface area contributed by atoms with Gasteiger partial charge in [0.1, 0.15) is 6.10 Å². The molecule has 0 radical (unpaired) electrons. The van der Waals surface area contributed by atoms with E-state index in [4.69, 9.17) is 0 Å². The summed E-state index contributed by atoms with van der Waals surface area (Å²) in [6, 6.07) is 20.4. The number of carboxylic acids is 2. The summed E-state index contributed by atoms with van der Waals surface area (Å²) in [5, 5.41) is 30.2. The molecular formula is C28H16O6. The minimum absolute atomic E-state index is 0.0314. The van der Waals surface area contributed by atoms with Crippen LogP contribution in [-0.4, -0.2) is 33.0 Å². The first kappa shape index (κ1) is 20.1. The van der Waals surface area contributed by atoms with Gasteiger partial charge in [0.25, 0.3) is 0 Å². The zero-order valence-electron chi connectivity index (χ0n) is 17.6. The number of aliphatic hydroxyl groups is 1. The zero-order chi connectivity index (χ0) is 23.7. The van der Waals surface area contributed by atoms with Gasteiger partial charge >= 0.3 is 11.9 Å². The Bertz CT molecular complexity index is 1600. The molecule has 0 aromatic heterocycles. The standard InChI is InChI=1S/C28H16O6/c29-25-18-5-2-1-4-17(18)23-20(11-14(27(31)32)12-22(23)25)13-8-9-15-16-6-3-7-19(28(33)34)24(16)26(30)21(15)10-13/h1-12,25,29H,(H,31,32)(H,33,34). The average molecular weight is 448 g/mol. The molecular weight excluding hydrogens is 432 g/mol. The number of aromatic carboxylic acids is 2. The van der Waals surface area contributed by atoms with Crippen molar-refractivity contribution in [1.29, 1.82) is 0 Å². The third kappa shape index (κ3) is 2.63. The van der Waals surface area contributed by atoms with E-state index in [2.05, 4.69) is 0 Å². The maximum absolute atomic E-state index is 13.3. The lowest BCUT2D eigenvalue weighted by Crippen LogP contribution is -2.06. The Hall–Kier alpha value is -4.55. The van der Waals surface area contributed by atoms with E-state index in [1.807, 2.05) is 18.2 Å². The van der Waals surface area contributed by atoms with Crippen molar-refractivity contribution in [2.75, 3.05) is 0 Å². The van der Waals surface area contributed by atoms with Crippen molar-refractivity contribution in [3.8, 4) is 33.4 Å². The molecule has 0 saturated carbocycles. The van der Waals surface area contributed by atoms with Crippen LogP contribution in [0.15, 0.2) is 72.8 Å². The van der Waals surface area contributed by atoms with E-state index < -0.39 is 18.0 Å². The van der Waals surface area contributed by atoms with E-state index in [0.29, 0.717) is 38.9 Å². The maximum Gasteiger partial charge on any atom is 0.336 e. The largest absolute Gasteiger partial charge is 0.478 e. The number of rotatable bonds is 3. The molecule has 4 aromatic carbocycles. The van der Waals surface area contributed by atoms with Crippen molar-refractivity contribution in [2.24, 2.45) is 0 Å². The lowest BCUT2D eigenvalue weighted by Gasteiger charge is -2.13. The van der Waals surface area contributed by atoms with Gasteiger partial charge in [0.15, 0.2) is 5.78 Å². The number of ketones is 1. The van der Waals surface area contributed by atoms with Gasteiger partial charge in [-0.3, -0.25) is 4.79 Å². The molecule has 2 aliphatic rings. The van der Waals surface area contributed by atoms with Gasteiger partial charge in [-0.25, -0.2) is 9.59 Å². The Morgan fingerprint density at radius 1 is 0.647 bits per heavy atom. The second-order valence-electron chi connectivity index (χ2n) is 8.41. The van der Waals surface area contributed by atoms with Gasteiger partial charge in [-0.05, 0) is 68.8 Å². The Kier molecular flexibility index (Phi) is 4.12. The van der Waals surface area contributed by atoms with Gasteiger partial charge < -0.3 is 15.3 Å². The van der Waals surface area contributed by atoms with Crippen molar-refractivity contribution in [2.45, 2.75) is 6.10 Å². The van der Waals surface area contributed by atoms with Gasteiger partial charge in [-0.15, -0.1) is 0 Å². The summed E-state index contributed by atoms with van der Waals surface area (Å²) >= 11 is 0. The van der Waals surface area contributed by atoms with Gasteiger partial charge in [0.05, 0.1) is 11.1 Å². The number of benzene rings is 4. The van der Waals surface area contributed by atoms with Crippen LogP contribution in [-0.2, 0) is 0 Å². The van der Waals surface area contributed by atoms with Crippen molar-refractivity contribution >= 4 is 17.7 Å². The number of carboxylic acid groups (broad SMARTS) is 2. The Morgan fingerprint density at radius 3 is 2.18 bits per heavy atom. The average Bonchev–Trinajstić information content (AvgIpc) is 3.30. The molecule has 0 bridgehead atoms. The number of carbonyl (C=O) groups is 3. The summed E-state index contributed by atoms with van der Waals surface area (Å²) in [7, 11) is 0.